The number of fused-ring (bicyclic) bond motifs is 1. The predicted octanol–water partition coefficient (Wildman–Crippen LogP) is 9.02. The molecule has 1 heterocycles. The molecule has 5 nitrogen and oxygen atoms in total. The minimum absolute atomic E-state index is 0.155. The second-order valence-electron chi connectivity index (χ2n) is 11.0. The number of hydrogen-bond donors (Lipinski definition) is 0. The molecule has 2 aromatic carbocycles. The summed E-state index contributed by atoms with van der Waals surface area (Å²) >= 11 is 0. The molecule has 0 spiro atoms. The number of unbranched alkanes of at least 4 members (excludes halogenated alkanes) is 3. The summed E-state index contributed by atoms with van der Waals surface area (Å²) in [4.78, 5) is 13.9. The second-order valence-corrected chi connectivity index (χ2v) is 11.0. The number of pyridine rings is 1. The molecule has 0 aliphatic carbocycles. The first-order chi connectivity index (χ1) is 19.3. The van der Waals surface area contributed by atoms with Gasteiger partial charge in [-0.25, -0.2) is 0 Å². The molecule has 0 bridgehead atoms. The van der Waals surface area contributed by atoms with Gasteiger partial charge in [0.2, 0.25) is 5.75 Å². The van der Waals surface area contributed by atoms with E-state index >= 15 is 0 Å². The van der Waals surface area contributed by atoms with Crippen LogP contribution in [0.4, 0.5) is 0 Å². The molecule has 3 aromatic rings. The fraction of sp³-hybridized carbons (Fsp3) is 0.457. The Morgan fingerprint density at radius 3 is 2.40 bits per heavy atom. The smallest absolute Gasteiger partial charge is 0.297 e. The van der Waals surface area contributed by atoms with Gasteiger partial charge in [0.15, 0.2) is 5.75 Å². The normalized spacial score (nSPS) is 11.6. The van der Waals surface area contributed by atoms with Crippen LogP contribution in [-0.4, -0.2) is 17.3 Å². The number of aryl methyl sites for hydroxylation is 1. The average Bonchev–Trinajstić information content (AvgIpc) is 2.93. The van der Waals surface area contributed by atoms with E-state index in [1.165, 1.54) is 11.1 Å². The van der Waals surface area contributed by atoms with Crippen molar-refractivity contribution in [1.29, 1.82) is 0 Å². The van der Waals surface area contributed by atoms with Crippen LogP contribution < -0.4 is 19.8 Å². The molecule has 5 heteroatoms. The largest absolute Gasteiger partial charge is 0.489 e. The van der Waals surface area contributed by atoms with Gasteiger partial charge in [-0.1, -0.05) is 73.7 Å². The Morgan fingerprint density at radius 1 is 0.925 bits per heavy atom. The van der Waals surface area contributed by atoms with E-state index in [-0.39, 0.29) is 17.4 Å². The SMILES string of the molecule is CCCCCCn1c(=O)c(OC(C)C)c(OC/C=C(\C)CCC=C(C)C)c2ccc(OCc3ccccc3)cc21. The number of allylic oxidation sites excluding steroid dienone is 3. The van der Waals surface area contributed by atoms with Crippen LogP contribution in [-0.2, 0) is 13.2 Å². The fourth-order valence-corrected chi connectivity index (χ4v) is 4.57. The van der Waals surface area contributed by atoms with Gasteiger partial charge in [0, 0.05) is 18.0 Å². The molecule has 216 valence electrons. The Morgan fingerprint density at radius 2 is 1.70 bits per heavy atom. The maximum Gasteiger partial charge on any atom is 0.297 e. The van der Waals surface area contributed by atoms with Crippen LogP contribution in [0.25, 0.3) is 10.9 Å². The average molecular weight is 546 g/mol. The zero-order chi connectivity index (χ0) is 28.9. The molecule has 0 radical (unpaired) electrons. The van der Waals surface area contributed by atoms with Crippen molar-refractivity contribution in [3.63, 3.8) is 0 Å². The summed E-state index contributed by atoms with van der Waals surface area (Å²) in [6, 6.07) is 16.0. The van der Waals surface area contributed by atoms with Gasteiger partial charge >= 0.3 is 0 Å². The van der Waals surface area contributed by atoms with Crippen molar-refractivity contribution in [2.45, 2.75) is 99.3 Å². The third kappa shape index (κ3) is 9.32. The maximum atomic E-state index is 13.9. The Balaban J connectivity index is 1.99. The van der Waals surface area contributed by atoms with E-state index in [1.807, 2.05) is 66.9 Å². The van der Waals surface area contributed by atoms with Gasteiger partial charge in [0.1, 0.15) is 19.0 Å². The number of rotatable bonds is 16. The lowest BCUT2D eigenvalue weighted by atomic mass is 10.1. The topological polar surface area (TPSA) is 49.7 Å². The summed E-state index contributed by atoms with van der Waals surface area (Å²) in [6.07, 6.45) is 10.5. The predicted molar refractivity (Wildman–Crippen MR) is 167 cm³/mol. The van der Waals surface area contributed by atoms with Gasteiger partial charge in [-0.05, 0) is 77.7 Å². The van der Waals surface area contributed by atoms with Crippen molar-refractivity contribution in [3.8, 4) is 17.2 Å². The number of hydrogen-bond acceptors (Lipinski definition) is 4. The van der Waals surface area contributed by atoms with E-state index in [0.29, 0.717) is 25.5 Å². The fourth-order valence-electron chi connectivity index (χ4n) is 4.57. The van der Waals surface area contributed by atoms with Gasteiger partial charge in [0.05, 0.1) is 11.6 Å². The highest BCUT2D eigenvalue weighted by molar-refractivity contribution is 5.89. The Labute approximate surface area is 240 Å². The van der Waals surface area contributed by atoms with Gasteiger partial charge < -0.3 is 18.8 Å². The number of ether oxygens (including phenoxy) is 3. The molecule has 0 unspecified atom stereocenters. The lowest BCUT2D eigenvalue weighted by molar-refractivity contribution is 0.222. The molecule has 0 aliphatic rings. The van der Waals surface area contributed by atoms with Crippen LogP contribution in [0.15, 0.2) is 76.6 Å². The summed E-state index contributed by atoms with van der Waals surface area (Å²) in [5, 5.41) is 0.855. The first kappa shape index (κ1) is 31.1. The van der Waals surface area contributed by atoms with Crippen LogP contribution in [0.3, 0.4) is 0 Å². The number of aromatic nitrogens is 1. The van der Waals surface area contributed by atoms with Gasteiger partial charge in [0.25, 0.3) is 5.56 Å². The lowest BCUT2D eigenvalue weighted by Gasteiger charge is -2.20. The van der Waals surface area contributed by atoms with Crippen molar-refractivity contribution in [1.82, 2.24) is 4.57 Å². The zero-order valence-electron chi connectivity index (χ0n) is 25.3. The molecule has 0 amide bonds. The van der Waals surface area contributed by atoms with Gasteiger partial charge in [-0.2, -0.15) is 0 Å². The van der Waals surface area contributed by atoms with Crippen molar-refractivity contribution >= 4 is 10.9 Å². The van der Waals surface area contributed by atoms with E-state index in [9.17, 15) is 4.79 Å². The molecular formula is C35H47NO4. The zero-order valence-corrected chi connectivity index (χ0v) is 25.3. The Kier molecular flexibility index (Phi) is 12.4. The summed E-state index contributed by atoms with van der Waals surface area (Å²) < 4.78 is 20.4. The molecular weight excluding hydrogens is 498 g/mol. The summed E-state index contributed by atoms with van der Waals surface area (Å²) in [6.45, 7) is 13.9. The molecule has 1 aromatic heterocycles. The third-order valence-corrected chi connectivity index (χ3v) is 6.74. The summed E-state index contributed by atoms with van der Waals surface area (Å²) in [5.74, 6) is 1.50. The first-order valence-corrected chi connectivity index (χ1v) is 14.8. The lowest BCUT2D eigenvalue weighted by Crippen LogP contribution is -2.25. The summed E-state index contributed by atoms with van der Waals surface area (Å²) in [7, 11) is 0. The molecule has 0 fully saturated rings. The minimum atomic E-state index is -0.157. The molecule has 0 saturated carbocycles. The van der Waals surface area contributed by atoms with Crippen molar-refractivity contribution in [2.24, 2.45) is 0 Å². The molecule has 0 aliphatic heterocycles. The van der Waals surface area contributed by atoms with Crippen LogP contribution in [0.5, 0.6) is 17.2 Å². The molecule has 40 heavy (non-hydrogen) atoms. The van der Waals surface area contributed by atoms with E-state index in [2.05, 4.69) is 39.8 Å². The van der Waals surface area contributed by atoms with Gasteiger partial charge in [-0.3, -0.25) is 4.79 Å². The highest BCUT2D eigenvalue weighted by Gasteiger charge is 2.21. The number of benzene rings is 2. The van der Waals surface area contributed by atoms with Crippen LogP contribution in [0.2, 0.25) is 0 Å². The second kappa shape index (κ2) is 16.0. The number of nitrogens with zero attached hydrogens (tertiary/aromatic N) is 1. The molecule has 0 saturated heterocycles. The van der Waals surface area contributed by atoms with Crippen LogP contribution in [0, 0.1) is 0 Å². The summed E-state index contributed by atoms with van der Waals surface area (Å²) in [5.41, 5.74) is 4.33. The highest BCUT2D eigenvalue weighted by Crippen LogP contribution is 2.36. The van der Waals surface area contributed by atoms with Crippen molar-refractivity contribution in [3.05, 3.63) is 87.7 Å². The van der Waals surface area contributed by atoms with Crippen molar-refractivity contribution < 1.29 is 14.2 Å². The third-order valence-electron chi connectivity index (χ3n) is 6.74. The van der Waals surface area contributed by atoms with Crippen LogP contribution >= 0.6 is 0 Å². The van der Waals surface area contributed by atoms with E-state index in [1.54, 1.807) is 0 Å². The quantitative estimate of drug-likeness (QED) is 0.133. The molecule has 3 rings (SSSR count). The monoisotopic (exact) mass is 545 g/mol. The van der Waals surface area contributed by atoms with E-state index in [0.717, 1.165) is 60.7 Å². The van der Waals surface area contributed by atoms with E-state index in [4.69, 9.17) is 14.2 Å². The van der Waals surface area contributed by atoms with Crippen molar-refractivity contribution in [2.75, 3.05) is 6.61 Å². The van der Waals surface area contributed by atoms with E-state index < -0.39 is 0 Å². The van der Waals surface area contributed by atoms with Crippen LogP contribution in [0.1, 0.15) is 85.6 Å². The van der Waals surface area contributed by atoms with Gasteiger partial charge in [-0.15, -0.1) is 0 Å². The maximum absolute atomic E-state index is 13.9. The molecule has 0 N–H and O–H groups in total. The molecule has 0 atom stereocenters. The Bertz CT molecular complexity index is 1330. The minimum Gasteiger partial charge on any atom is -0.489 e. The Hall–Kier alpha value is -3.47. The first-order valence-electron chi connectivity index (χ1n) is 14.8. The standard InChI is InChI=1S/C35H47NO4/c1-7-8-9-13-22-36-32-24-30(39-25-29-17-11-10-12-18-29)19-20-31(32)33(34(35(36)37)40-27(4)5)38-23-21-28(6)16-14-15-26(2)3/h10-12,15,17-21,24,27H,7-9,13-14,16,22-23,25H2,1-6H3/b28-21+. The highest BCUT2D eigenvalue weighted by atomic mass is 16.5.